The van der Waals surface area contributed by atoms with Crippen LogP contribution in [0.25, 0.3) is 0 Å². The van der Waals surface area contributed by atoms with Gasteiger partial charge in [0.15, 0.2) is 5.60 Å². The van der Waals surface area contributed by atoms with Crippen molar-refractivity contribution < 1.29 is 48.2 Å². The molecule has 45 heavy (non-hydrogen) atoms. The summed E-state index contributed by atoms with van der Waals surface area (Å²) in [7, 11) is 6.59. The zero-order valence-corrected chi connectivity index (χ0v) is 27.0. The first-order chi connectivity index (χ1) is 21.6. The minimum atomic E-state index is -1.76. The van der Waals surface area contributed by atoms with Crippen LogP contribution < -0.4 is 0 Å². The van der Waals surface area contributed by atoms with E-state index in [1.54, 1.807) is 45.6 Å². The van der Waals surface area contributed by atoms with E-state index in [0.717, 1.165) is 19.4 Å². The van der Waals surface area contributed by atoms with Crippen molar-refractivity contribution in [1.29, 1.82) is 0 Å². The van der Waals surface area contributed by atoms with Crippen LogP contribution in [0.4, 0.5) is 0 Å². The van der Waals surface area contributed by atoms with Gasteiger partial charge in [-0.1, -0.05) is 25.1 Å². The van der Waals surface area contributed by atoms with Crippen LogP contribution in [0.3, 0.4) is 0 Å². The summed E-state index contributed by atoms with van der Waals surface area (Å²) in [5, 5.41) is 25.3. The lowest BCUT2D eigenvalue weighted by molar-refractivity contribution is -0.317. The molecule has 1 aromatic rings. The third-order valence-corrected chi connectivity index (χ3v) is 13.0. The van der Waals surface area contributed by atoms with Gasteiger partial charge in [-0.15, -0.1) is 0 Å². The zero-order valence-electron chi connectivity index (χ0n) is 27.0. The fourth-order valence-corrected chi connectivity index (χ4v) is 12.4. The molecule has 1 spiro atoms. The number of benzene rings is 1. The lowest BCUT2D eigenvalue weighted by Gasteiger charge is -2.69. The summed E-state index contributed by atoms with van der Waals surface area (Å²) in [6.45, 7) is 5.44. The average Bonchev–Trinajstić information content (AvgIpc) is 3.40. The van der Waals surface area contributed by atoms with Crippen LogP contribution >= 0.6 is 0 Å². The summed E-state index contributed by atoms with van der Waals surface area (Å²) >= 11 is 0. The molecule has 0 radical (unpaired) electrons. The highest BCUT2D eigenvalue weighted by atomic mass is 16.6. The van der Waals surface area contributed by atoms with Crippen LogP contribution in [0.5, 0.6) is 0 Å². The van der Waals surface area contributed by atoms with E-state index in [0.29, 0.717) is 18.7 Å². The number of hydrogen-bond donors (Lipinski definition) is 2. The summed E-state index contributed by atoms with van der Waals surface area (Å²) in [4.78, 5) is 29.4. The number of esters is 2. The standard InChI is InChI=1S/C34H47NO10/c1-7-35-16-31(17-40-3)14-13-21(41-4)33-20-15-32(39)28(44-30(38)19-11-9-8-10-12-19)22(20)34(45-18(2)36,27(37)29(32)43-6)23(26(33)35)24(42-5)25(31)33/h8-12,20-29,37,39H,7,13-17H2,1-6H3/t20-,21+,22-,23+,24+,25-,26-,27+,28-,29+,31+,32+,33+,34-/m1/s1. The first kappa shape index (κ1) is 31.5. The molecule has 7 bridgehead atoms. The highest BCUT2D eigenvalue weighted by Gasteiger charge is 2.91. The van der Waals surface area contributed by atoms with Gasteiger partial charge >= 0.3 is 11.9 Å². The molecule has 6 aliphatic rings. The van der Waals surface area contributed by atoms with Crippen molar-refractivity contribution in [2.75, 3.05) is 48.1 Å². The van der Waals surface area contributed by atoms with E-state index in [1.807, 2.05) is 6.07 Å². The number of nitrogens with zero attached hydrogens (tertiary/aromatic N) is 1. The minimum absolute atomic E-state index is 0.101. The first-order valence-corrected chi connectivity index (χ1v) is 16.2. The number of likely N-dealkylation sites (tertiary alicyclic amines) is 1. The molecule has 1 aromatic carbocycles. The van der Waals surface area contributed by atoms with Crippen LogP contribution in [0.1, 0.15) is 43.5 Å². The number of carbonyl (C=O) groups is 2. The van der Waals surface area contributed by atoms with Crippen molar-refractivity contribution in [2.45, 2.75) is 80.9 Å². The molecule has 11 nitrogen and oxygen atoms in total. The molecule has 2 N–H and O–H groups in total. The molecule has 1 saturated heterocycles. The van der Waals surface area contributed by atoms with Crippen molar-refractivity contribution in [3.8, 4) is 0 Å². The van der Waals surface area contributed by atoms with E-state index >= 15 is 0 Å². The molecule has 5 saturated carbocycles. The summed E-state index contributed by atoms with van der Waals surface area (Å²) in [5.74, 6) is -2.95. The van der Waals surface area contributed by atoms with Gasteiger partial charge in [0.25, 0.3) is 0 Å². The molecule has 1 aliphatic heterocycles. The van der Waals surface area contributed by atoms with Gasteiger partial charge < -0.3 is 38.6 Å². The number of rotatable bonds is 9. The van der Waals surface area contributed by atoms with Crippen molar-refractivity contribution >= 4 is 11.9 Å². The van der Waals surface area contributed by atoms with Gasteiger partial charge in [-0.2, -0.15) is 0 Å². The maximum atomic E-state index is 13.7. The van der Waals surface area contributed by atoms with Crippen molar-refractivity contribution in [3.05, 3.63) is 35.9 Å². The number of ether oxygens (including phenoxy) is 6. The Bertz CT molecular complexity index is 1330. The predicted molar refractivity (Wildman–Crippen MR) is 159 cm³/mol. The Balaban J connectivity index is 1.52. The van der Waals surface area contributed by atoms with Gasteiger partial charge in [-0.25, -0.2) is 4.79 Å². The average molecular weight is 630 g/mol. The van der Waals surface area contributed by atoms with E-state index in [9.17, 15) is 19.8 Å². The Labute approximate surface area is 264 Å². The molecule has 0 unspecified atom stereocenters. The Hall–Kier alpha value is -2.12. The van der Waals surface area contributed by atoms with Crippen LogP contribution in [0.15, 0.2) is 30.3 Å². The summed E-state index contributed by atoms with van der Waals surface area (Å²) in [5.41, 5.74) is -3.92. The highest BCUT2D eigenvalue weighted by Crippen LogP contribution is 2.80. The molecule has 248 valence electrons. The molecule has 0 amide bonds. The number of piperidine rings is 1. The topological polar surface area (TPSA) is 133 Å². The molecule has 14 atom stereocenters. The number of aliphatic hydroxyl groups is 2. The van der Waals surface area contributed by atoms with E-state index in [1.165, 1.54) is 14.0 Å². The molecular weight excluding hydrogens is 582 g/mol. The van der Waals surface area contributed by atoms with Gasteiger partial charge in [0.2, 0.25) is 0 Å². The summed E-state index contributed by atoms with van der Waals surface area (Å²) < 4.78 is 37.7. The quantitative estimate of drug-likeness (QED) is 0.387. The molecule has 11 heteroatoms. The molecule has 5 aliphatic carbocycles. The third kappa shape index (κ3) is 3.66. The molecule has 6 fully saturated rings. The zero-order chi connectivity index (χ0) is 32.1. The number of hydrogen-bond acceptors (Lipinski definition) is 11. The van der Waals surface area contributed by atoms with Gasteiger partial charge in [-0.05, 0) is 43.9 Å². The molecule has 0 aromatic heterocycles. The lowest BCUT2D eigenvalue weighted by atomic mass is 9.43. The molecule has 1 heterocycles. The van der Waals surface area contributed by atoms with Crippen LogP contribution in [-0.4, -0.2) is 123 Å². The Kier molecular flexibility index (Phi) is 7.48. The molecular formula is C34H47NO10. The second kappa shape index (κ2) is 10.7. The largest absolute Gasteiger partial charge is 0.455 e. The number of aliphatic hydroxyl groups excluding tert-OH is 1. The van der Waals surface area contributed by atoms with Crippen molar-refractivity contribution in [3.63, 3.8) is 0 Å². The summed E-state index contributed by atoms with van der Waals surface area (Å²) in [6.07, 6.45) is -2.64. The van der Waals surface area contributed by atoms with E-state index in [2.05, 4.69) is 11.8 Å². The predicted octanol–water partition coefficient (Wildman–Crippen LogP) is 1.68. The fraction of sp³-hybridized carbons (Fsp3) is 0.765. The van der Waals surface area contributed by atoms with Gasteiger partial charge in [0.1, 0.15) is 23.9 Å². The monoisotopic (exact) mass is 629 g/mol. The van der Waals surface area contributed by atoms with E-state index in [-0.39, 0.29) is 35.8 Å². The number of methoxy groups -OCH3 is 4. The number of carbonyl (C=O) groups excluding carboxylic acids is 2. The Morgan fingerprint density at radius 1 is 1.02 bits per heavy atom. The van der Waals surface area contributed by atoms with Crippen molar-refractivity contribution in [2.24, 2.45) is 34.5 Å². The van der Waals surface area contributed by atoms with Crippen LogP contribution in [0, 0.1) is 34.5 Å². The maximum absolute atomic E-state index is 13.7. The first-order valence-electron chi connectivity index (χ1n) is 16.2. The van der Waals surface area contributed by atoms with Gasteiger partial charge in [0.05, 0.1) is 24.4 Å². The van der Waals surface area contributed by atoms with Crippen LogP contribution in [-0.2, 0) is 33.2 Å². The minimum Gasteiger partial charge on any atom is -0.455 e. The van der Waals surface area contributed by atoms with Crippen LogP contribution in [0.2, 0.25) is 0 Å². The Morgan fingerprint density at radius 2 is 1.76 bits per heavy atom. The SMILES string of the molecule is CCN1C[C@]2(COC)CC[C@H](OC)[C@@]34[C@@H]5C[C@]6(O)[C@H](OC(=O)c7ccccc7)[C@@H]5[C@@](OC(C)=O)([C@@H]([C@H](OC)[C@H]23)[C@@H]14)[C@@H](O)[C@@H]6OC. The number of fused-ring (bicyclic) bond motifs is 2. The lowest BCUT2D eigenvalue weighted by Crippen LogP contribution is -2.80. The maximum Gasteiger partial charge on any atom is 0.338 e. The smallest absolute Gasteiger partial charge is 0.338 e. The van der Waals surface area contributed by atoms with Gasteiger partial charge in [-0.3, -0.25) is 9.69 Å². The fourth-order valence-electron chi connectivity index (χ4n) is 12.4. The van der Waals surface area contributed by atoms with Crippen molar-refractivity contribution in [1.82, 2.24) is 4.90 Å². The Morgan fingerprint density at radius 3 is 2.36 bits per heavy atom. The van der Waals surface area contributed by atoms with Gasteiger partial charge in [0, 0.05) is 76.5 Å². The second-order valence-corrected chi connectivity index (χ2v) is 14.3. The van der Waals surface area contributed by atoms with E-state index in [4.69, 9.17) is 28.4 Å². The third-order valence-electron chi connectivity index (χ3n) is 13.0. The summed E-state index contributed by atoms with van der Waals surface area (Å²) in [6, 6.07) is 8.42. The highest BCUT2D eigenvalue weighted by molar-refractivity contribution is 5.89. The second-order valence-electron chi connectivity index (χ2n) is 14.3. The molecule has 7 rings (SSSR count). The van der Waals surface area contributed by atoms with E-state index < -0.39 is 64.8 Å². The normalized spacial score (nSPS) is 49.1.